The molecule has 0 heterocycles. The van der Waals surface area contributed by atoms with Gasteiger partial charge in [-0.1, -0.05) is 0 Å². The summed E-state index contributed by atoms with van der Waals surface area (Å²) in [5.41, 5.74) is 0. The van der Waals surface area contributed by atoms with E-state index in [4.69, 9.17) is 0 Å². The minimum Gasteiger partial charge on any atom is -2.00 e. The number of hydrogen-bond acceptors (Lipinski definition) is 0. The monoisotopic (exact) mass is 206 g/mol. The first-order valence-electron chi connectivity index (χ1n) is 0. The van der Waals surface area contributed by atoms with E-state index >= 15 is 0 Å². The Morgan fingerprint density at radius 2 is 0.500 bits per heavy atom. The summed E-state index contributed by atoms with van der Waals surface area (Å²) in [5, 5.41) is 0. The topological polar surface area (TPSA) is 0 Å². The maximum Gasteiger partial charge on any atom is 0 e. The van der Waals surface area contributed by atoms with E-state index in [1.54, 1.807) is 0 Å². The van der Waals surface area contributed by atoms with Crippen LogP contribution in [0.5, 0.6) is 0 Å². The first kappa shape index (κ1) is 390. The molecule has 0 radical (unpaired) electrons. The predicted molar refractivity (Wildman–Crippen MR) is 7.37 cm³/mol. The molecule has 0 aliphatic carbocycles. The average molecular weight is 204 g/mol. The molecule has 6 heavy (non-hydrogen) atoms. The van der Waals surface area contributed by atoms with Crippen LogP contribution in [0.2, 0.25) is 0 Å². The van der Waals surface area contributed by atoms with Crippen molar-refractivity contribution in [2.45, 2.75) is 0 Å². The van der Waals surface area contributed by atoms with Crippen molar-refractivity contribution >= 4 is 13.5 Å². The van der Waals surface area contributed by atoms with E-state index in [0.717, 1.165) is 0 Å². The van der Waals surface area contributed by atoms with Gasteiger partial charge in [0.05, 0.1) is 0 Å². The van der Waals surface area contributed by atoms with Crippen LogP contribution in [0.3, 0.4) is 0 Å². The summed E-state index contributed by atoms with van der Waals surface area (Å²) in [6.07, 6.45) is 0. The second-order valence-electron chi connectivity index (χ2n) is 0. The molecule has 0 N–H and O–H groups in total. The molecular weight excluding hydrogens is 204 g/mol. The van der Waals surface area contributed by atoms with Crippen molar-refractivity contribution in [2.24, 2.45) is 0 Å². The number of halogens is 4. The Morgan fingerprint density at radius 3 is 0.500 bits per heavy atom. The summed E-state index contributed by atoms with van der Waals surface area (Å²) in [4.78, 5) is 0. The predicted octanol–water partition coefficient (Wildman–Crippen LogP) is -12.0. The smallest absolute Gasteiger partial charge is 0 e. The largest absolute Gasteiger partial charge is 2.00 e. The Bertz CT molecular complexity index is 7.51. The van der Waals surface area contributed by atoms with Gasteiger partial charge in [0.1, 0.15) is 0 Å². The molecule has 0 saturated carbocycles. The molecular formula is F4MoS-6. The Morgan fingerprint density at radius 1 is 0.500 bits per heavy atom. The molecule has 0 rings (SSSR count). The minimum atomic E-state index is 0. The van der Waals surface area contributed by atoms with Crippen molar-refractivity contribution in [3.8, 4) is 0 Å². The molecule has 0 aromatic heterocycles. The zero-order chi connectivity index (χ0) is 0. The standard InChI is InChI=1S/4FH.Mo.S/h4*1H;;/q;;;;;-2/p-4. The van der Waals surface area contributed by atoms with Crippen LogP contribution in [-0.4, -0.2) is 0 Å². The SMILES string of the molecule is [F-].[F-].[F-].[F-].[Mo].[S-2]. The van der Waals surface area contributed by atoms with Gasteiger partial charge in [-0.15, -0.1) is 0 Å². The fraction of sp³-hybridized carbons (Fsp3) is 0. The van der Waals surface area contributed by atoms with E-state index in [1.807, 2.05) is 0 Å². The zero-order valence-corrected chi connectivity index (χ0v) is 5.15. The molecule has 0 nitrogen and oxygen atoms in total. The normalized spacial score (nSPS) is 0. The maximum absolute atomic E-state index is 0. The summed E-state index contributed by atoms with van der Waals surface area (Å²) in [6.45, 7) is 0. The summed E-state index contributed by atoms with van der Waals surface area (Å²) in [5.74, 6) is 0. The van der Waals surface area contributed by atoms with Gasteiger partial charge in [0, 0.05) is 21.1 Å². The Hall–Kier alpha value is 0.758. The minimum absolute atomic E-state index is 0. The molecule has 0 bridgehead atoms. The molecule has 0 aromatic carbocycles. The van der Waals surface area contributed by atoms with Gasteiger partial charge in [-0.2, -0.15) is 0 Å². The van der Waals surface area contributed by atoms with E-state index in [2.05, 4.69) is 0 Å². The summed E-state index contributed by atoms with van der Waals surface area (Å²) >= 11 is 0. The van der Waals surface area contributed by atoms with Crippen molar-refractivity contribution in [2.75, 3.05) is 0 Å². The molecule has 0 aliphatic heterocycles. The van der Waals surface area contributed by atoms with Crippen molar-refractivity contribution in [3.05, 3.63) is 0 Å². The van der Waals surface area contributed by atoms with Crippen LogP contribution in [0.25, 0.3) is 0 Å². The first-order valence-corrected chi connectivity index (χ1v) is 0. The van der Waals surface area contributed by atoms with E-state index in [1.165, 1.54) is 0 Å². The fourth-order valence-electron chi connectivity index (χ4n) is 0. The molecule has 0 fully saturated rings. The molecule has 0 spiro atoms. The van der Waals surface area contributed by atoms with Gasteiger partial charge < -0.3 is 32.3 Å². The summed E-state index contributed by atoms with van der Waals surface area (Å²) in [7, 11) is 0. The second-order valence-corrected chi connectivity index (χ2v) is 0. The Kier molecular flexibility index (Phi) is 14700. The van der Waals surface area contributed by atoms with Crippen molar-refractivity contribution in [1.29, 1.82) is 0 Å². The van der Waals surface area contributed by atoms with Crippen LogP contribution in [0, 0.1) is 0 Å². The van der Waals surface area contributed by atoms with Gasteiger partial charge in [0.15, 0.2) is 0 Å². The van der Waals surface area contributed by atoms with Gasteiger partial charge >= 0.3 is 0 Å². The van der Waals surface area contributed by atoms with Gasteiger partial charge in [0.25, 0.3) is 0 Å². The van der Waals surface area contributed by atoms with Crippen molar-refractivity contribution < 1.29 is 39.9 Å². The van der Waals surface area contributed by atoms with Gasteiger partial charge in [-0.3, -0.25) is 0 Å². The van der Waals surface area contributed by atoms with Crippen molar-refractivity contribution in [3.63, 3.8) is 0 Å². The van der Waals surface area contributed by atoms with Crippen LogP contribution in [0.4, 0.5) is 0 Å². The van der Waals surface area contributed by atoms with Crippen LogP contribution in [0.15, 0.2) is 0 Å². The summed E-state index contributed by atoms with van der Waals surface area (Å²) < 4.78 is 0. The van der Waals surface area contributed by atoms with E-state index < -0.39 is 0 Å². The van der Waals surface area contributed by atoms with Crippen LogP contribution in [-0.2, 0) is 34.6 Å². The van der Waals surface area contributed by atoms with E-state index in [0.29, 0.717) is 0 Å². The number of hydrogen-bond donors (Lipinski definition) is 0. The molecule has 6 heteroatoms. The van der Waals surface area contributed by atoms with E-state index in [-0.39, 0.29) is 53.4 Å². The van der Waals surface area contributed by atoms with Gasteiger partial charge in [-0.05, 0) is 0 Å². The third-order valence-electron chi connectivity index (χ3n) is 0. The molecule has 0 amide bonds. The second kappa shape index (κ2) is 227. The van der Waals surface area contributed by atoms with Crippen LogP contribution < -0.4 is 18.8 Å². The summed E-state index contributed by atoms with van der Waals surface area (Å²) in [6, 6.07) is 0. The third kappa shape index (κ3) is 117. The Balaban J connectivity index is 0. The number of rotatable bonds is 0. The Labute approximate surface area is 53.9 Å². The first-order chi connectivity index (χ1) is 0. The zero-order valence-electron chi connectivity index (χ0n) is 2.33. The fourth-order valence-corrected chi connectivity index (χ4v) is 0. The molecule has 0 unspecified atom stereocenters. The third-order valence-corrected chi connectivity index (χ3v) is 0. The van der Waals surface area contributed by atoms with Crippen LogP contribution >= 0.6 is 0 Å². The maximum atomic E-state index is 0. The average Bonchev–Trinajstić information content (AvgIpc) is 0. The van der Waals surface area contributed by atoms with Gasteiger partial charge in [-0.25, -0.2) is 0 Å². The van der Waals surface area contributed by atoms with Crippen LogP contribution in [0.1, 0.15) is 0 Å². The molecule has 0 aromatic rings. The molecule has 46 valence electrons. The molecule has 0 saturated heterocycles. The van der Waals surface area contributed by atoms with E-state index in [9.17, 15) is 0 Å². The quantitative estimate of drug-likeness (QED) is 0.271. The van der Waals surface area contributed by atoms with Crippen molar-refractivity contribution in [1.82, 2.24) is 0 Å². The molecule has 0 aliphatic rings. The molecule has 0 atom stereocenters. The van der Waals surface area contributed by atoms with Gasteiger partial charge in [0.2, 0.25) is 0 Å².